The van der Waals surface area contributed by atoms with Crippen LogP contribution in [-0.4, -0.2) is 25.5 Å². The fourth-order valence-corrected chi connectivity index (χ4v) is 3.71. The Morgan fingerprint density at radius 1 is 1.29 bits per heavy atom. The number of carbonyl (C=O) groups excluding carboxylic acids is 1. The minimum absolute atomic E-state index is 0.125. The van der Waals surface area contributed by atoms with E-state index in [1.165, 1.54) is 31.2 Å². The van der Waals surface area contributed by atoms with E-state index in [2.05, 4.69) is 47.9 Å². The van der Waals surface area contributed by atoms with Crippen molar-refractivity contribution in [2.75, 3.05) is 19.6 Å². The molecular weight excluding hydrogens is 260 g/mol. The van der Waals surface area contributed by atoms with Crippen LogP contribution in [0.15, 0.2) is 30.3 Å². The fraction of sp³-hybridized carbons (Fsp3) is 0.611. The third-order valence-corrected chi connectivity index (χ3v) is 5.48. The van der Waals surface area contributed by atoms with Crippen LogP contribution < -0.4 is 10.6 Å². The Morgan fingerprint density at radius 2 is 1.95 bits per heavy atom. The van der Waals surface area contributed by atoms with Crippen LogP contribution in [0.25, 0.3) is 0 Å². The average Bonchev–Trinajstić information content (AvgIpc) is 2.94. The molecule has 0 radical (unpaired) electrons. The smallest absolute Gasteiger partial charge is 0.223 e. The summed E-state index contributed by atoms with van der Waals surface area (Å²) in [7, 11) is 0. The van der Waals surface area contributed by atoms with Gasteiger partial charge in [0, 0.05) is 17.9 Å². The monoisotopic (exact) mass is 286 g/mol. The van der Waals surface area contributed by atoms with Gasteiger partial charge < -0.3 is 10.6 Å². The van der Waals surface area contributed by atoms with Crippen LogP contribution in [0.5, 0.6) is 0 Å². The number of nitrogens with one attached hydrogen (secondary N) is 2. The summed E-state index contributed by atoms with van der Waals surface area (Å²) in [5.41, 5.74) is 1.55. The first-order chi connectivity index (χ1) is 10.2. The Balaban J connectivity index is 1.64. The second-order valence-corrected chi connectivity index (χ2v) is 6.78. The molecule has 1 amide bonds. The van der Waals surface area contributed by atoms with Gasteiger partial charge in [-0.05, 0) is 37.4 Å². The van der Waals surface area contributed by atoms with E-state index in [0.29, 0.717) is 5.92 Å². The van der Waals surface area contributed by atoms with E-state index >= 15 is 0 Å². The summed E-state index contributed by atoms with van der Waals surface area (Å²) in [6.07, 6.45) is 4.92. The van der Waals surface area contributed by atoms with E-state index in [1.807, 2.05) is 0 Å². The van der Waals surface area contributed by atoms with Crippen LogP contribution in [0.1, 0.15) is 38.2 Å². The number of hydrogen-bond donors (Lipinski definition) is 2. The van der Waals surface area contributed by atoms with Gasteiger partial charge in [0.05, 0.1) is 0 Å². The summed E-state index contributed by atoms with van der Waals surface area (Å²) in [5.74, 6) is 0.866. The van der Waals surface area contributed by atoms with Crippen LogP contribution >= 0.6 is 0 Å². The molecule has 0 spiro atoms. The molecule has 1 saturated heterocycles. The number of benzene rings is 1. The van der Waals surface area contributed by atoms with Gasteiger partial charge in [-0.15, -0.1) is 0 Å². The zero-order valence-electron chi connectivity index (χ0n) is 12.9. The highest BCUT2D eigenvalue weighted by atomic mass is 16.1. The molecule has 114 valence electrons. The standard InChI is InChI=1S/C18H26N2O/c1-14(15-11-19-12-15)17(21)20-13-18(9-5-6-10-18)16-7-3-2-4-8-16/h2-4,7-8,14-15,19H,5-6,9-13H2,1H3,(H,20,21). The van der Waals surface area contributed by atoms with Crippen molar-refractivity contribution in [2.45, 2.75) is 38.0 Å². The number of carbonyl (C=O) groups is 1. The lowest BCUT2D eigenvalue weighted by Gasteiger charge is -2.34. The molecule has 1 aromatic carbocycles. The van der Waals surface area contributed by atoms with Crippen LogP contribution in [0.3, 0.4) is 0 Å². The predicted octanol–water partition coefficient (Wildman–Crippen LogP) is 2.47. The zero-order valence-corrected chi connectivity index (χ0v) is 12.9. The van der Waals surface area contributed by atoms with E-state index in [4.69, 9.17) is 0 Å². The topological polar surface area (TPSA) is 41.1 Å². The molecule has 3 rings (SSSR count). The molecule has 21 heavy (non-hydrogen) atoms. The largest absolute Gasteiger partial charge is 0.355 e. The highest BCUT2D eigenvalue weighted by Crippen LogP contribution is 2.40. The van der Waals surface area contributed by atoms with Crippen molar-refractivity contribution >= 4 is 5.91 Å². The first kappa shape index (κ1) is 14.6. The van der Waals surface area contributed by atoms with Crippen molar-refractivity contribution in [1.29, 1.82) is 0 Å². The number of amides is 1. The molecule has 2 N–H and O–H groups in total. The second-order valence-electron chi connectivity index (χ2n) is 6.78. The van der Waals surface area contributed by atoms with E-state index in [1.54, 1.807) is 0 Å². The van der Waals surface area contributed by atoms with Gasteiger partial charge in [-0.1, -0.05) is 50.1 Å². The van der Waals surface area contributed by atoms with Crippen LogP contribution in [-0.2, 0) is 10.2 Å². The highest BCUT2D eigenvalue weighted by Gasteiger charge is 2.37. The average molecular weight is 286 g/mol. The maximum Gasteiger partial charge on any atom is 0.223 e. The molecule has 0 aromatic heterocycles. The lowest BCUT2D eigenvalue weighted by molar-refractivity contribution is -0.127. The van der Waals surface area contributed by atoms with Crippen LogP contribution in [0.2, 0.25) is 0 Å². The molecule has 1 aliphatic heterocycles. The highest BCUT2D eigenvalue weighted by molar-refractivity contribution is 5.78. The number of hydrogen-bond acceptors (Lipinski definition) is 2. The Kier molecular flexibility index (Phi) is 4.29. The molecule has 1 aliphatic carbocycles. The second kappa shape index (κ2) is 6.18. The third kappa shape index (κ3) is 2.98. The third-order valence-electron chi connectivity index (χ3n) is 5.48. The molecule has 0 bridgehead atoms. The molecule has 2 aliphatic rings. The van der Waals surface area contributed by atoms with E-state index in [-0.39, 0.29) is 17.2 Å². The Bertz CT molecular complexity index is 475. The van der Waals surface area contributed by atoms with Crippen molar-refractivity contribution < 1.29 is 4.79 Å². The molecule has 2 fully saturated rings. The summed E-state index contributed by atoms with van der Waals surface area (Å²) in [4.78, 5) is 12.4. The molecular formula is C18H26N2O. The van der Waals surface area contributed by atoms with Crippen LogP contribution in [0.4, 0.5) is 0 Å². The van der Waals surface area contributed by atoms with Gasteiger partial charge in [0.25, 0.3) is 0 Å². The maximum atomic E-state index is 12.4. The molecule has 1 saturated carbocycles. The minimum atomic E-state index is 0.125. The van der Waals surface area contributed by atoms with Crippen molar-refractivity contribution in [2.24, 2.45) is 11.8 Å². The van der Waals surface area contributed by atoms with Gasteiger partial charge >= 0.3 is 0 Å². The lowest BCUT2D eigenvalue weighted by atomic mass is 9.78. The quantitative estimate of drug-likeness (QED) is 0.873. The van der Waals surface area contributed by atoms with Crippen molar-refractivity contribution in [3.8, 4) is 0 Å². The van der Waals surface area contributed by atoms with Crippen LogP contribution in [0, 0.1) is 11.8 Å². The van der Waals surface area contributed by atoms with Crippen molar-refractivity contribution in [3.05, 3.63) is 35.9 Å². The molecule has 1 heterocycles. The van der Waals surface area contributed by atoms with Gasteiger partial charge in [-0.25, -0.2) is 0 Å². The first-order valence-electron chi connectivity index (χ1n) is 8.25. The number of rotatable bonds is 5. The van der Waals surface area contributed by atoms with Gasteiger partial charge in [-0.3, -0.25) is 4.79 Å². The molecule has 3 nitrogen and oxygen atoms in total. The summed E-state index contributed by atoms with van der Waals surface area (Å²) in [6, 6.07) is 10.7. The van der Waals surface area contributed by atoms with Gasteiger partial charge in [0.15, 0.2) is 0 Å². The molecule has 3 heteroatoms. The summed E-state index contributed by atoms with van der Waals surface area (Å²) in [6.45, 7) is 4.82. The van der Waals surface area contributed by atoms with E-state index in [0.717, 1.165) is 19.6 Å². The van der Waals surface area contributed by atoms with E-state index in [9.17, 15) is 4.79 Å². The van der Waals surface area contributed by atoms with Crippen molar-refractivity contribution in [3.63, 3.8) is 0 Å². The molecule has 1 aromatic rings. The van der Waals surface area contributed by atoms with Gasteiger partial charge in [0.1, 0.15) is 0 Å². The summed E-state index contributed by atoms with van der Waals surface area (Å²) in [5, 5.41) is 6.49. The Morgan fingerprint density at radius 3 is 2.52 bits per heavy atom. The molecule has 1 unspecified atom stereocenters. The lowest BCUT2D eigenvalue weighted by Crippen LogP contribution is -2.51. The summed E-state index contributed by atoms with van der Waals surface area (Å²) >= 11 is 0. The Labute approximate surface area is 127 Å². The Hall–Kier alpha value is -1.35. The molecule has 1 atom stereocenters. The SMILES string of the molecule is CC(C(=O)NCC1(c2ccccc2)CCCC1)C1CNC1. The van der Waals surface area contributed by atoms with Gasteiger partial charge in [-0.2, -0.15) is 0 Å². The fourth-order valence-electron chi connectivity index (χ4n) is 3.71. The van der Waals surface area contributed by atoms with Crippen molar-refractivity contribution in [1.82, 2.24) is 10.6 Å². The minimum Gasteiger partial charge on any atom is -0.355 e. The van der Waals surface area contributed by atoms with E-state index < -0.39 is 0 Å². The normalized spacial score (nSPS) is 22.5. The summed E-state index contributed by atoms with van der Waals surface area (Å²) < 4.78 is 0. The first-order valence-corrected chi connectivity index (χ1v) is 8.25. The maximum absolute atomic E-state index is 12.4. The predicted molar refractivity (Wildman–Crippen MR) is 85.1 cm³/mol. The van der Waals surface area contributed by atoms with Gasteiger partial charge in [0.2, 0.25) is 5.91 Å². The zero-order chi connectivity index (χ0) is 14.7.